The zero-order valence-electron chi connectivity index (χ0n) is 18.1. The van der Waals surface area contributed by atoms with E-state index in [9.17, 15) is 4.79 Å². The average molecular weight is 424 g/mol. The summed E-state index contributed by atoms with van der Waals surface area (Å²) in [4.78, 5) is 21.0. The Morgan fingerprint density at radius 2 is 1.90 bits per heavy atom. The van der Waals surface area contributed by atoms with E-state index in [2.05, 4.69) is 37.4 Å². The highest BCUT2D eigenvalue weighted by molar-refractivity contribution is 5.80. The molecule has 1 unspecified atom stereocenters. The molecule has 2 aliphatic rings. The highest BCUT2D eigenvalue weighted by Gasteiger charge is 2.34. The summed E-state index contributed by atoms with van der Waals surface area (Å²) in [6.45, 7) is 3.60. The van der Waals surface area contributed by atoms with E-state index in [0.717, 1.165) is 61.5 Å². The first-order valence-corrected chi connectivity index (χ1v) is 11.1. The fraction of sp³-hybridized carbons (Fsp3) is 0.545. The third kappa shape index (κ3) is 3.83. The molecule has 5 rings (SSSR count). The minimum Gasteiger partial charge on any atom is -0.497 e. The zero-order chi connectivity index (χ0) is 21.4. The molecule has 1 saturated heterocycles. The summed E-state index contributed by atoms with van der Waals surface area (Å²) in [5.41, 5.74) is 1.38. The number of nitrogens with zero attached hydrogens (tertiary/aromatic N) is 6. The van der Waals surface area contributed by atoms with Crippen molar-refractivity contribution in [3.05, 3.63) is 46.0 Å². The van der Waals surface area contributed by atoms with Crippen molar-refractivity contribution in [1.82, 2.24) is 35.0 Å². The Kier molecular flexibility index (Phi) is 5.45. The summed E-state index contributed by atoms with van der Waals surface area (Å²) >= 11 is 0. The molecule has 1 aromatic carbocycles. The summed E-state index contributed by atoms with van der Waals surface area (Å²) in [5.74, 6) is 1.53. The Balaban J connectivity index is 1.63. The summed E-state index contributed by atoms with van der Waals surface area (Å²) in [7, 11) is 3.78. The number of pyridine rings is 1. The third-order valence-electron chi connectivity index (χ3n) is 6.71. The molecule has 0 amide bonds. The van der Waals surface area contributed by atoms with E-state index < -0.39 is 0 Å². The van der Waals surface area contributed by atoms with Crippen LogP contribution in [-0.2, 0) is 0 Å². The van der Waals surface area contributed by atoms with Gasteiger partial charge < -0.3 is 14.6 Å². The molecule has 31 heavy (non-hydrogen) atoms. The molecular weight excluding hydrogens is 394 g/mol. The number of tetrazole rings is 1. The lowest BCUT2D eigenvalue weighted by molar-refractivity contribution is 0.120. The average Bonchev–Trinajstić information content (AvgIpc) is 3.47. The first-order chi connectivity index (χ1) is 15.1. The maximum atomic E-state index is 13.3. The molecule has 0 spiro atoms. The monoisotopic (exact) mass is 423 g/mol. The van der Waals surface area contributed by atoms with Crippen molar-refractivity contribution < 1.29 is 4.74 Å². The third-order valence-corrected chi connectivity index (χ3v) is 6.71. The van der Waals surface area contributed by atoms with Gasteiger partial charge in [0.05, 0.1) is 13.2 Å². The number of likely N-dealkylation sites (N-methyl/N-ethyl adjacent to an activating group) is 1. The number of methoxy groups -OCH3 is 1. The van der Waals surface area contributed by atoms with Crippen molar-refractivity contribution >= 4 is 10.9 Å². The zero-order valence-corrected chi connectivity index (χ0v) is 18.1. The van der Waals surface area contributed by atoms with Gasteiger partial charge in [0.1, 0.15) is 11.8 Å². The van der Waals surface area contributed by atoms with Crippen LogP contribution < -0.4 is 10.3 Å². The highest BCUT2D eigenvalue weighted by Crippen LogP contribution is 2.34. The largest absolute Gasteiger partial charge is 0.497 e. The number of benzene rings is 1. The van der Waals surface area contributed by atoms with Crippen LogP contribution in [0, 0.1) is 0 Å². The Morgan fingerprint density at radius 3 is 2.65 bits per heavy atom. The molecule has 3 heterocycles. The van der Waals surface area contributed by atoms with Crippen LogP contribution in [0.4, 0.5) is 0 Å². The van der Waals surface area contributed by atoms with E-state index in [1.165, 1.54) is 12.8 Å². The van der Waals surface area contributed by atoms with E-state index in [1.54, 1.807) is 7.11 Å². The Morgan fingerprint density at radius 1 is 1.13 bits per heavy atom. The maximum Gasteiger partial charge on any atom is 0.253 e. The second-order valence-corrected chi connectivity index (χ2v) is 8.67. The first-order valence-electron chi connectivity index (χ1n) is 11.1. The Hall–Kier alpha value is -2.78. The highest BCUT2D eigenvalue weighted by atomic mass is 16.5. The van der Waals surface area contributed by atoms with Crippen LogP contribution in [0.25, 0.3) is 10.9 Å². The number of fused-ring (bicyclic) bond motifs is 1. The summed E-state index contributed by atoms with van der Waals surface area (Å²) in [6, 6.07) is 7.69. The number of aromatic nitrogens is 5. The van der Waals surface area contributed by atoms with Crippen LogP contribution in [0.5, 0.6) is 5.75 Å². The van der Waals surface area contributed by atoms with Crippen molar-refractivity contribution in [2.45, 2.75) is 37.8 Å². The van der Waals surface area contributed by atoms with Gasteiger partial charge in [0.2, 0.25) is 0 Å². The predicted molar refractivity (Wildman–Crippen MR) is 117 cm³/mol. The van der Waals surface area contributed by atoms with Crippen molar-refractivity contribution in [1.29, 1.82) is 0 Å². The van der Waals surface area contributed by atoms with Gasteiger partial charge in [-0.25, -0.2) is 4.68 Å². The molecule has 3 aromatic rings. The lowest BCUT2D eigenvalue weighted by Crippen LogP contribution is -2.47. The van der Waals surface area contributed by atoms with Crippen molar-refractivity contribution in [3.8, 4) is 5.75 Å². The first kappa shape index (κ1) is 20.1. The second-order valence-electron chi connectivity index (χ2n) is 8.67. The fourth-order valence-corrected chi connectivity index (χ4v) is 4.90. The van der Waals surface area contributed by atoms with Crippen LogP contribution in [0.1, 0.15) is 49.2 Å². The van der Waals surface area contributed by atoms with Gasteiger partial charge in [-0.2, -0.15) is 0 Å². The van der Waals surface area contributed by atoms with Gasteiger partial charge >= 0.3 is 0 Å². The fourth-order valence-electron chi connectivity index (χ4n) is 4.90. The van der Waals surface area contributed by atoms with E-state index >= 15 is 0 Å². The number of piperazine rings is 1. The molecule has 1 aliphatic heterocycles. The lowest BCUT2D eigenvalue weighted by Gasteiger charge is -2.37. The second kappa shape index (κ2) is 8.39. The number of ether oxygens (including phenoxy) is 1. The van der Waals surface area contributed by atoms with Gasteiger partial charge in [0.15, 0.2) is 5.82 Å². The molecule has 0 bridgehead atoms. The molecular formula is C22H29N7O2. The molecule has 1 atom stereocenters. The van der Waals surface area contributed by atoms with E-state index in [0.29, 0.717) is 11.6 Å². The molecule has 9 heteroatoms. The van der Waals surface area contributed by atoms with E-state index in [4.69, 9.17) is 4.74 Å². The van der Waals surface area contributed by atoms with Gasteiger partial charge in [-0.15, -0.1) is 5.10 Å². The summed E-state index contributed by atoms with van der Waals surface area (Å²) in [5, 5.41) is 13.8. The van der Waals surface area contributed by atoms with Gasteiger partial charge in [-0.05, 0) is 54.6 Å². The van der Waals surface area contributed by atoms with Crippen LogP contribution in [0.15, 0.2) is 29.1 Å². The van der Waals surface area contributed by atoms with Gasteiger partial charge in [0, 0.05) is 42.6 Å². The van der Waals surface area contributed by atoms with Crippen molar-refractivity contribution in [2.24, 2.45) is 0 Å². The van der Waals surface area contributed by atoms with Crippen LogP contribution >= 0.6 is 0 Å². The normalized spacial score (nSPS) is 19.8. The van der Waals surface area contributed by atoms with Crippen molar-refractivity contribution in [3.63, 3.8) is 0 Å². The number of rotatable bonds is 5. The smallest absolute Gasteiger partial charge is 0.253 e. The number of hydrogen-bond acceptors (Lipinski definition) is 7. The summed E-state index contributed by atoms with van der Waals surface area (Å²) in [6.07, 6.45) is 4.55. The SMILES string of the molecule is COc1ccc2[nH]c(=O)c(C(c3nnnn3C3CCCC3)N3CCN(C)CC3)cc2c1. The van der Waals surface area contributed by atoms with Crippen LogP contribution in [-0.4, -0.2) is 75.3 Å². The number of hydrogen-bond donors (Lipinski definition) is 1. The standard InChI is InChI=1S/C22H29N7O2/c1-27-9-11-28(12-10-27)20(21-24-25-26-29(21)16-5-3-4-6-16)18-14-15-13-17(31-2)7-8-19(15)23-22(18)30/h7-8,13-14,16,20H,3-6,9-12H2,1-2H3,(H,23,30). The van der Waals surface area contributed by atoms with Crippen molar-refractivity contribution in [2.75, 3.05) is 40.3 Å². The van der Waals surface area contributed by atoms with E-state index in [1.807, 2.05) is 28.9 Å². The number of H-pyrrole nitrogens is 1. The molecule has 164 valence electrons. The van der Waals surface area contributed by atoms with Gasteiger partial charge in [0.25, 0.3) is 5.56 Å². The molecule has 2 aromatic heterocycles. The molecule has 2 fully saturated rings. The topological polar surface area (TPSA) is 92.2 Å². The Bertz CT molecular complexity index is 1110. The minimum atomic E-state index is -0.288. The quantitative estimate of drug-likeness (QED) is 0.671. The molecule has 1 N–H and O–H groups in total. The summed E-state index contributed by atoms with van der Waals surface area (Å²) < 4.78 is 7.37. The van der Waals surface area contributed by atoms with Crippen LogP contribution in [0.3, 0.4) is 0 Å². The minimum absolute atomic E-state index is 0.0948. The molecule has 9 nitrogen and oxygen atoms in total. The predicted octanol–water partition coefficient (Wildman–Crippen LogP) is 1.98. The lowest BCUT2D eigenvalue weighted by atomic mass is 10.0. The molecule has 1 saturated carbocycles. The van der Waals surface area contributed by atoms with E-state index in [-0.39, 0.29) is 11.6 Å². The van der Waals surface area contributed by atoms with Gasteiger partial charge in [-0.1, -0.05) is 12.8 Å². The number of aromatic amines is 1. The Labute approximate surface area is 181 Å². The molecule has 1 aliphatic carbocycles. The van der Waals surface area contributed by atoms with Crippen LogP contribution in [0.2, 0.25) is 0 Å². The molecule has 0 radical (unpaired) electrons. The maximum absolute atomic E-state index is 13.3. The van der Waals surface area contributed by atoms with Gasteiger partial charge in [-0.3, -0.25) is 9.69 Å². The number of nitrogens with one attached hydrogen (secondary N) is 1.